The average molecular weight is 171 g/mol. The van der Waals surface area contributed by atoms with E-state index in [1.165, 1.54) is 32.1 Å². The molecule has 1 nitrogen and oxygen atoms in total. The monoisotopic (exact) mass is 171 g/mol. The third kappa shape index (κ3) is 8.06. The normalized spacial score (nSPS) is 13.8. The highest BCUT2D eigenvalue weighted by Gasteiger charge is 1.98. The predicted octanol–water partition coefficient (Wildman–Crippen LogP) is 3.33. The van der Waals surface area contributed by atoms with Gasteiger partial charge in [-0.3, -0.25) is 0 Å². The number of hydrogen-bond acceptors (Lipinski definition) is 1. The molecule has 0 aromatic heterocycles. The van der Waals surface area contributed by atoms with E-state index in [9.17, 15) is 0 Å². The maximum absolute atomic E-state index is 5.81. The number of unbranched alkanes of at least 4 members (excludes halogenated alkanes) is 2. The second-order valence-corrected chi connectivity index (χ2v) is 4.20. The molecule has 0 aliphatic heterocycles. The van der Waals surface area contributed by atoms with Crippen LogP contribution in [0, 0.1) is 5.92 Å². The van der Waals surface area contributed by atoms with Gasteiger partial charge in [0.2, 0.25) is 0 Å². The first kappa shape index (κ1) is 12.0. The fourth-order valence-electron chi connectivity index (χ4n) is 1.34. The van der Waals surface area contributed by atoms with Crippen molar-refractivity contribution in [2.75, 3.05) is 0 Å². The van der Waals surface area contributed by atoms with E-state index in [1.807, 2.05) is 0 Å². The van der Waals surface area contributed by atoms with Crippen molar-refractivity contribution in [1.82, 2.24) is 0 Å². The van der Waals surface area contributed by atoms with Crippen molar-refractivity contribution in [3.8, 4) is 0 Å². The lowest BCUT2D eigenvalue weighted by Crippen LogP contribution is -2.17. The molecule has 0 fully saturated rings. The zero-order chi connectivity index (χ0) is 9.40. The van der Waals surface area contributed by atoms with E-state index in [-0.39, 0.29) is 0 Å². The van der Waals surface area contributed by atoms with E-state index in [1.54, 1.807) is 0 Å². The summed E-state index contributed by atoms with van der Waals surface area (Å²) in [6, 6.07) is 0.448. The molecular weight excluding hydrogens is 146 g/mol. The smallest absolute Gasteiger partial charge is 0.00362 e. The van der Waals surface area contributed by atoms with Crippen LogP contribution in [0.3, 0.4) is 0 Å². The molecule has 0 aliphatic carbocycles. The van der Waals surface area contributed by atoms with Crippen LogP contribution in [0.15, 0.2) is 0 Å². The topological polar surface area (TPSA) is 26.0 Å². The van der Waals surface area contributed by atoms with Crippen LogP contribution in [0.4, 0.5) is 0 Å². The lowest BCUT2D eigenvalue weighted by molar-refractivity contribution is 0.494. The van der Waals surface area contributed by atoms with E-state index in [2.05, 4.69) is 20.8 Å². The quantitative estimate of drug-likeness (QED) is 0.584. The van der Waals surface area contributed by atoms with Crippen LogP contribution in [-0.2, 0) is 0 Å². The van der Waals surface area contributed by atoms with Crippen LogP contribution < -0.4 is 5.73 Å². The number of nitrogens with two attached hydrogens (primary N) is 1. The molecule has 0 aromatic rings. The van der Waals surface area contributed by atoms with Gasteiger partial charge >= 0.3 is 0 Å². The highest BCUT2D eigenvalue weighted by molar-refractivity contribution is 4.58. The second-order valence-electron chi connectivity index (χ2n) is 4.20. The molecule has 0 saturated carbocycles. The Morgan fingerprint density at radius 2 is 1.58 bits per heavy atom. The zero-order valence-electron chi connectivity index (χ0n) is 8.97. The van der Waals surface area contributed by atoms with Crippen LogP contribution in [0.25, 0.3) is 0 Å². The molecule has 0 radical (unpaired) electrons. The van der Waals surface area contributed by atoms with E-state index in [4.69, 9.17) is 5.73 Å². The van der Waals surface area contributed by atoms with Crippen LogP contribution in [-0.4, -0.2) is 6.04 Å². The van der Waals surface area contributed by atoms with Gasteiger partial charge in [0, 0.05) is 6.04 Å². The van der Waals surface area contributed by atoms with E-state index < -0.39 is 0 Å². The van der Waals surface area contributed by atoms with E-state index in [0.29, 0.717) is 6.04 Å². The summed E-state index contributed by atoms with van der Waals surface area (Å²) in [6.07, 6.45) is 7.79. The Morgan fingerprint density at radius 1 is 1.00 bits per heavy atom. The first-order valence-corrected chi connectivity index (χ1v) is 5.42. The van der Waals surface area contributed by atoms with Crippen LogP contribution in [0.2, 0.25) is 0 Å². The van der Waals surface area contributed by atoms with Gasteiger partial charge in [-0.2, -0.15) is 0 Å². The Balaban J connectivity index is 3.00. The molecule has 0 aromatic carbocycles. The van der Waals surface area contributed by atoms with Gasteiger partial charge in [-0.15, -0.1) is 0 Å². The Morgan fingerprint density at radius 3 is 2.08 bits per heavy atom. The molecular formula is C11H25N. The van der Waals surface area contributed by atoms with Crippen molar-refractivity contribution < 1.29 is 0 Å². The molecule has 1 unspecified atom stereocenters. The van der Waals surface area contributed by atoms with Crippen molar-refractivity contribution in [3.05, 3.63) is 0 Å². The van der Waals surface area contributed by atoms with Crippen LogP contribution in [0.5, 0.6) is 0 Å². The minimum Gasteiger partial charge on any atom is -0.328 e. The molecule has 2 N–H and O–H groups in total. The van der Waals surface area contributed by atoms with Crippen LogP contribution in [0.1, 0.15) is 59.3 Å². The van der Waals surface area contributed by atoms with Crippen molar-refractivity contribution in [3.63, 3.8) is 0 Å². The maximum atomic E-state index is 5.81. The van der Waals surface area contributed by atoms with Gasteiger partial charge in [0.25, 0.3) is 0 Å². The summed E-state index contributed by atoms with van der Waals surface area (Å²) in [5.74, 6) is 0.866. The lowest BCUT2D eigenvalue weighted by atomic mass is 10.0. The zero-order valence-corrected chi connectivity index (χ0v) is 8.97. The molecule has 1 atom stereocenters. The summed E-state index contributed by atoms with van der Waals surface area (Å²) in [4.78, 5) is 0. The fraction of sp³-hybridized carbons (Fsp3) is 1.00. The second kappa shape index (κ2) is 7.60. The number of rotatable bonds is 7. The van der Waals surface area contributed by atoms with Crippen molar-refractivity contribution >= 4 is 0 Å². The van der Waals surface area contributed by atoms with Gasteiger partial charge in [-0.1, -0.05) is 46.5 Å². The minimum absolute atomic E-state index is 0.448. The average Bonchev–Trinajstić information content (AvgIpc) is 2.03. The Kier molecular flexibility index (Phi) is 7.58. The van der Waals surface area contributed by atoms with Gasteiger partial charge in [-0.05, 0) is 18.8 Å². The van der Waals surface area contributed by atoms with Gasteiger partial charge in [0.1, 0.15) is 0 Å². The van der Waals surface area contributed by atoms with E-state index in [0.717, 1.165) is 12.3 Å². The van der Waals surface area contributed by atoms with Crippen molar-refractivity contribution in [2.45, 2.75) is 65.3 Å². The summed E-state index contributed by atoms with van der Waals surface area (Å²) >= 11 is 0. The highest BCUT2D eigenvalue weighted by Crippen LogP contribution is 2.10. The Bertz CT molecular complexity index is 89.0. The lowest BCUT2D eigenvalue weighted by Gasteiger charge is -2.08. The van der Waals surface area contributed by atoms with Gasteiger partial charge in [0.05, 0.1) is 0 Å². The number of hydrogen-bond donors (Lipinski definition) is 1. The molecule has 0 saturated heterocycles. The largest absolute Gasteiger partial charge is 0.328 e. The van der Waals surface area contributed by atoms with Gasteiger partial charge in [-0.25, -0.2) is 0 Å². The standard InChI is InChI=1S/C11H25N/c1-4-11(12)9-7-5-6-8-10(2)3/h10-11H,4-9,12H2,1-3H3. The fourth-order valence-corrected chi connectivity index (χ4v) is 1.34. The first-order chi connectivity index (χ1) is 5.66. The van der Waals surface area contributed by atoms with Gasteiger partial charge < -0.3 is 5.73 Å². The molecule has 12 heavy (non-hydrogen) atoms. The molecule has 0 amide bonds. The predicted molar refractivity (Wildman–Crippen MR) is 56.2 cm³/mol. The minimum atomic E-state index is 0.448. The van der Waals surface area contributed by atoms with Crippen molar-refractivity contribution in [1.29, 1.82) is 0 Å². The summed E-state index contributed by atoms with van der Waals surface area (Å²) in [5, 5.41) is 0. The molecule has 0 spiro atoms. The summed E-state index contributed by atoms with van der Waals surface area (Å²) in [5.41, 5.74) is 5.81. The molecule has 1 heteroatoms. The molecule has 0 aliphatic rings. The highest BCUT2D eigenvalue weighted by atomic mass is 14.6. The first-order valence-electron chi connectivity index (χ1n) is 5.42. The summed E-state index contributed by atoms with van der Waals surface area (Å²) in [6.45, 7) is 6.74. The third-order valence-corrected chi connectivity index (χ3v) is 2.38. The van der Waals surface area contributed by atoms with E-state index >= 15 is 0 Å². The Labute approximate surface area is 77.7 Å². The molecule has 0 bridgehead atoms. The van der Waals surface area contributed by atoms with Crippen LogP contribution >= 0.6 is 0 Å². The van der Waals surface area contributed by atoms with Crippen molar-refractivity contribution in [2.24, 2.45) is 11.7 Å². The molecule has 74 valence electrons. The maximum Gasteiger partial charge on any atom is 0.00362 e. The summed E-state index contributed by atoms with van der Waals surface area (Å²) in [7, 11) is 0. The SMILES string of the molecule is CCC(N)CCCCCC(C)C. The van der Waals surface area contributed by atoms with Gasteiger partial charge in [0.15, 0.2) is 0 Å². The third-order valence-electron chi connectivity index (χ3n) is 2.38. The summed E-state index contributed by atoms with van der Waals surface area (Å²) < 4.78 is 0. The molecule has 0 heterocycles. The Hall–Kier alpha value is -0.0400. The molecule has 0 rings (SSSR count).